The van der Waals surface area contributed by atoms with Gasteiger partial charge in [-0.2, -0.15) is 0 Å². The van der Waals surface area contributed by atoms with E-state index in [-0.39, 0.29) is 12.0 Å². The summed E-state index contributed by atoms with van der Waals surface area (Å²) in [5.41, 5.74) is 0. The molecule has 0 bridgehead atoms. The molecule has 0 aromatic rings. The molecule has 0 amide bonds. The Bertz CT molecular complexity index is 237. The Hall–Kier alpha value is -0.570. The van der Waals surface area contributed by atoms with Crippen molar-refractivity contribution in [3.05, 3.63) is 0 Å². The zero-order valence-electron chi connectivity index (χ0n) is 8.94. The first-order chi connectivity index (χ1) is 6.61. The third-order valence-electron chi connectivity index (χ3n) is 3.95. The van der Waals surface area contributed by atoms with Crippen LogP contribution in [-0.4, -0.2) is 34.6 Å². The SMILES string of the molecule is CC(C1CC1)N1CCC(C(=O)O)C1C. The number of carboxylic acids is 1. The zero-order valence-corrected chi connectivity index (χ0v) is 8.94. The van der Waals surface area contributed by atoms with E-state index < -0.39 is 5.97 Å². The number of nitrogens with zero attached hydrogens (tertiary/aromatic N) is 1. The topological polar surface area (TPSA) is 40.5 Å². The molecule has 2 rings (SSSR count). The fraction of sp³-hybridized carbons (Fsp3) is 0.909. The molecular weight excluding hydrogens is 178 g/mol. The lowest BCUT2D eigenvalue weighted by Gasteiger charge is -2.29. The molecule has 3 heteroatoms. The van der Waals surface area contributed by atoms with Gasteiger partial charge in [0.05, 0.1) is 5.92 Å². The summed E-state index contributed by atoms with van der Waals surface area (Å²) >= 11 is 0. The van der Waals surface area contributed by atoms with Crippen LogP contribution in [0.25, 0.3) is 0 Å². The zero-order chi connectivity index (χ0) is 10.3. The first-order valence-electron chi connectivity index (χ1n) is 5.60. The van der Waals surface area contributed by atoms with Crippen LogP contribution in [0.15, 0.2) is 0 Å². The van der Waals surface area contributed by atoms with Gasteiger partial charge in [0, 0.05) is 12.1 Å². The number of carbonyl (C=O) groups is 1. The van der Waals surface area contributed by atoms with Crippen molar-refractivity contribution in [2.45, 2.75) is 45.2 Å². The summed E-state index contributed by atoms with van der Waals surface area (Å²) in [5, 5.41) is 9.01. The van der Waals surface area contributed by atoms with Crippen molar-refractivity contribution in [1.82, 2.24) is 4.90 Å². The van der Waals surface area contributed by atoms with E-state index in [4.69, 9.17) is 5.11 Å². The molecule has 1 saturated heterocycles. The van der Waals surface area contributed by atoms with E-state index in [1.165, 1.54) is 12.8 Å². The summed E-state index contributed by atoms with van der Waals surface area (Å²) < 4.78 is 0. The predicted octanol–water partition coefficient (Wildman–Crippen LogP) is 1.58. The van der Waals surface area contributed by atoms with Gasteiger partial charge in [-0.25, -0.2) is 0 Å². The maximum atomic E-state index is 10.9. The molecule has 1 aliphatic carbocycles. The van der Waals surface area contributed by atoms with Crippen LogP contribution in [0.2, 0.25) is 0 Å². The van der Waals surface area contributed by atoms with E-state index in [0.29, 0.717) is 6.04 Å². The highest BCUT2D eigenvalue weighted by atomic mass is 16.4. The Balaban J connectivity index is 1.98. The van der Waals surface area contributed by atoms with Crippen LogP contribution in [0.3, 0.4) is 0 Å². The summed E-state index contributed by atoms with van der Waals surface area (Å²) in [5.74, 6) is 0.0733. The van der Waals surface area contributed by atoms with Crippen molar-refractivity contribution < 1.29 is 9.90 Å². The Morgan fingerprint density at radius 2 is 2.07 bits per heavy atom. The van der Waals surface area contributed by atoms with Gasteiger partial charge in [0.2, 0.25) is 0 Å². The monoisotopic (exact) mass is 197 g/mol. The molecule has 0 spiro atoms. The highest BCUT2D eigenvalue weighted by Crippen LogP contribution is 2.38. The van der Waals surface area contributed by atoms with Crippen molar-refractivity contribution in [3.8, 4) is 0 Å². The van der Waals surface area contributed by atoms with E-state index in [2.05, 4.69) is 18.7 Å². The van der Waals surface area contributed by atoms with Gasteiger partial charge in [-0.1, -0.05) is 0 Å². The van der Waals surface area contributed by atoms with E-state index in [0.717, 1.165) is 18.9 Å². The first-order valence-corrected chi connectivity index (χ1v) is 5.60. The lowest BCUT2D eigenvalue weighted by Crippen LogP contribution is -2.40. The number of hydrogen-bond donors (Lipinski definition) is 1. The van der Waals surface area contributed by atoms with Crippen molar-refractivity contribution in [1.29, 1.82) is 0 Å². The third-order valence-corrected chi connectivity index (χ3v) is 3.95. The van der Waals surface area contributed by atoms with Gasteiger partial charge in [-0.3, -0.25) is 9.69 Å². The molecule has 0 aromatic carbocycles. The van der Waals surface area contributed by atoms with Gasteiger partial charge in [-0.05, 0) is 45.6 Å². The molecule has 14 heavy (non-hydrogen) atoms. The number of carboxylic acid groups (broad SMARTS) is 1. The highest BCUT2D eigenvalue weighted by Gasteiger charge is 2.41. The maximum Gasteiger partial charge on any atom is 0.308 e. The van der Waals surface area contributed by atoms with Gasteiger partial charge in [0.1, 0.15) is 0 Å². The van der Waals surface area contributed by atoms with Crippen LogP contribution >= 0.6 is 0 Å². The van der Waals surface area contributed by atoms with Crippen molar-refractivity contribution >= 4 is 5.97 Å². The molecule has 3 atom stereocenters. The van der Waals surface area contributed by atoms with Gasteiger partial charge in [0.15, 0.2) is 0 Å². The molecule has 0 radical (unpaired) electrons. The average molecular weight is 197 g/mol. The van der Waals surface area contributed by atoms with Crippen LogP contribution in [0.1, 0.15) is 33.1 Å². The van der Waals surface area contributed by atoms with Crippen LogP contribution in [0, 0.1) is 11.8 Å². The predicted molar refractivity (Wildman–Crippen MR) is 54.1 cm³/mol. The Morgan fingerprint density at radius 1 is 1.43 bits per heavy atom. The van der Waals surface area contributed by atoms with Crippen LogP contribution in [0.4, 0.5) is 0 Å². The summed E-state index contributed by atoms with van der Waals surface area (Å²) in [6.07, 6.45) is 3.50. The summed E-state index contributed by atoms with van der Waals surface area (Å²) in [4.78, 5) is 13.3. The molecule has 1 aliphatic heterocycles. The molecule has 3 unspecified atom stereocenters. The third kappa shape index (κ3) is 1.65. The average Bonchev–Trinajstić information content (AvgIpc) is 2.88. The maximum absolute atomic E-state index is 10.9. The van der Waals surface area contributed by atoms with Crippen LogP contribution in [0.5, 0.6) is 0 Å². The van der Waals surface area contributed by atoms with E-state index in [9.17, 15) is 4.79 Å². The Morgan fingerprint density at radius 3 is 2.50 bits per heavy atom. The fourth-order valence-corrected chi connectivity index (χ4v) is 2.72. The van der Waals surface area contributed by atoms with Crippen molar-refractivity contribution in [2.75, 3.05) is 6.54 Å². The molecule has 80 valence electrons. The molecule has 0 aromatic heterocycles. The normalized spacial score (nSPS) is 35.9. The summed E-state index contributed by atoms with van der Waals surface area (Å²) in [6.45, 7) is 5.28. The standard InChI is InChI=1S/C11H19NO2/c1-7(9-3-4-9)12-6-5-10(8(12)2)11(13)14/h7-10H,3-6H2,1-2H3,(H,13,14). The molecule has 1 saturated carbocycles. The Labute approximate surface area is 85.1 Å². The minimum atomic E-state index is -0.622. The lowest BCUT2D eigenvalue weighted by molar-refractivity contribution is -0.142. The van der Waals surface area contributed by atoms with Gasteiger partial charge in [0.25, 0.3) is 0 Å². The number of rotatable bonds is 3. The minimum Gasteiger partial charge on any atom is -0.481 e. The van der Waals surface area contributed by atoms with Gasteiger partial charge in [-0.15, -0.1) is 0 Å². The van der Waals surface area contributed by atoms with Crippen LogP contribution in [-0.2, 0) is 4.79 Å². The summed E-state index contributed by atoms with van der Waals surface area (Å²) in [6, 6.07) is 0.817. The lowest BCUT2D eigenvalue weighted by atomic mass is 10.0. The minimum absolute atomic E-state index is 0.142. The molecule has 2 aliphatic rings. The second kappa shape index (κ2) is 3.54. The smallest absolute Gasteiger partial charge is 0.308 e. The van der Waals surface area contributed by atoms with Gasteiger partial charge < -0.3 is 5.11 Å². The second-order valence-corrected chi connectivity index (χ2v) is 4.79. The van der Waals surface area contributed by atoms with Crippen LogP contribution < -0.4 is 0 Å². The van der Waals surface area contributed by atoms with Crippen molar-refractivity contribution in [3.63, 3.8) is 0 Å². The molecule has 3 nitrogen and oxygen atoms in total. The first kappa shape index (κ1) is 9.97. The largest absolute Gasteiger partial charge is 0.481 e. The summed E-state index contributed by atoms with van der Waals surface area (Å²) in [7, 11) is 0. The second-order valence-electron chi connectivity index (χ2n) is 4.79. The van der Waals surface area contributed by atoms with Gasteiger partial charge >= 0.3 is 5.97 Å². The molecule has 1 N–H and O–H groups in total. The molecular formula is C11H19NO2. The quantitative estimate of drug-likeness (QED) is 0.746. The highest BCUT2D eigenvalue weighted by molar-refractivity contribution is 5.71. The molecule has 1 heterocycles. The number of hydrogen-bond acceptors (Lipinski definition) is 2. The van der Waals surface area contributed by atoms with E-state index in [1.54, 1.807) is 0 Å². The van der Waals surface area contributed by atoms with E-state index >= 15 is 0 Å². The van der Waals surface area contributed by atoms with Crippen molar-refractivity contribution in [2.24, 2.45) is 11.8 Å². The van der Waals surface area contributed by atoms with E-state index in [1.807, 2.05) is 0 Å². The molecule has 2 fully saturated rings. The number of aliphatic carboxylic acids is 1. The number of likely N-dealkylation sites (tertiary alicyclic amines) is 1. The fourth-order valence-electron chi connectivity index (χ4n) is 2.72. The Kier molecular flexibility index (Phi) is 2.52.